The molecule has 0 bridgehead atoms. The molecule has 10 rings (SSSR count). The quantitative estimate of drug-likeness (QED) is 0.193. The van der Waals surface area contributed by atoms with Crippen LogP contribution in [0, 0.1) is 13.8 Å². The first kappa shape index (κ1) is 23.4. The van der Waals surface area contributed by atoms with Crippen LogP contribution in [0.3, 0.4) is 0 Å². The maximum atomic E-state index is 2.59. The van der Waals surface area contributed by atoms with Crippen molar-refractivity contribution in [2.45, 2.75) is 19.3 Å². The van der Waals surface area contributed by atoms with Gasteiger partial charge in [-0.3, -0.25) is 0 Å². The zero-order valence-corrected chi connectivity index (χ0v) is 24.2. The maximum Gasteiger partial charge on any atom is 0.0725 e. The smallest absolute Gasteiger partial charge is 0.0619 e. The van der Waals surface area contributed by atoms with Gasteiger partial charge in [0.2, 0.25) is 0 Å². The lowest BCUT2D eigenvalue weighted by molar-refractivity contribution is 0.795. The third-order valence-electron chi connectivity index (χ3n) is 10.5. The van der Waals surface area contributed by atoms with Crippen LogP contribution in [0.15, 0.2) is 133 Å². The lowest BCUT2D eigenvalue weighted by Crippen LogP contribution is -2.25. The number of fused-ring (bicyclic) bond motifs is 14. The second-order valence-corrected chi connectivity index (χ2v) is 12.5. The van der Waals surface area contributed by atoms with Gasteiger partial charge in [-0.15, -0.1) is 0 Å². The molecule has 0 aliphatic heterocycles. The van der Waals surface area contributed by atoms with Crippen LogP contribution in [0.5, 0.6) is 0 Å². The monoisotopic (exact) mass is 544 g/mol. The molecule has 0 unspecified atom stereocenters. The van der Waals surface area contributed by atoms with Crippen LogP contribution in [-0.2, 0) is 5.41 Å². The highest BCUT2D eigenvalue weighted by Gasteiger charge is 2.52. The van der Waals surface area contributed by atoms with Gasteiger partial charge in [-0.05, 0) is 120 Å². The molecule has 0 N–H and O–H groups in total. The van der Waals surface area contributed by atoms with Crippen molar-refractivity contribution in [3.05, 3.63) is 167 Å². The minimum absolute atomic E-state index is 0.351. The van der Waals surface area contributed by atoms with Gasteiger partial charge in [0.25, 0.3) is 0 Å². The van der Waals surface area contributed by atoms with Crippen molar-refractivity contribution >= 4 is 10.8 Å². The Morgan fingerprint density at radius 2 is 0.860 bits per heavy atom. The molecule has 0 heteroatoms. The van der Waals surface area contributed by atoms with Crippen molar-refractivity contribution < 1.29 is 0 Å². The molecule has 3 aliphatic carbocycles. The van der Waals surface area contributed by atoms with E-state index >= 15 is 0 Å². The Kier molecular flexibility index (Phi) is 4.35. The highest BCUT2D eigenvalue weighted by molar-refractivity contribution is 6.23. The molecule has 0 saturated heterocycles. The van der Waals surface area contributed by atoms with E-state index in [1.807, 2.05) is 0 Å². The first-order valence-corrected chi connectivity index (χ1v) is 15.3. The summed E-state index contributed by atoms with van der Waals surface area (Å²) < 4.78 is 0. The molecule has 7 aromatic rings. The van der Waals surface area contributed by atoms with Crippen molar-refractivity contribution in [3.8, 4) is 55.6 Å². The molecule has 0 amide bonds. The lowest BCUT2D eigenvalue weighted by Gasteiger charge is -2.31. The summed E-state index contributed by atoms with van der Waals surface area (Å²) in [7, 11) is 0. The molecule has 0 aromatic heterocycles. The minimum atomic E-state index is -0.351. The normalized spacial score (nSPS) is 14.0. The number of benzene rings is 7. The van der Waals surface area contributed by atoms with Gasteiger partial charge < -0.3 is 0 Å². The van der Waals surface area contributed by atoms with E-state index < -0.39 is 0 Å². The number of aryl methyl sites for hydroxylation is 2. The van der Waals surface area contributed by atoms with Gasteiger partial charge in [0.05, 0.1) is 5.41 Å². The summed E-state index contributed by atoms with van der Waals surface area (Å²) >= 11 is 0. The predicted octanol–water partition coefficient (Wildman–Crippen LogP) is 11.1. The molecular weight excluding hydrogens is 516 g/mol. The van der Waals surface area contributed by atoms with Crippen molar-refractivity contribution in [1.82, 2.24) is 0 Å². The zero-order valence-electron chi connectivity index (χ0n) is 24.2. The molecule has 43 heavy (non-hydrogen) atoms. The molecule has 0 atom stereocenters. The van der Waals surface area contributed by atoms with Gasteiger partial charge in [0, 0.05) is 0 Å². The van der Waals surface area contributed by atoms with Gasteiger partial charge in [-0.2, -0.15) is 0 Å². The molecule has 0 saturated carbocycles. The van der Waals surface area contributed by atoms with Crippen LogP contribution in [0.1, 0.15) is 33.4 Å². The van der Waals surface area contributed by atoms with Crippen molar-refractivity contribution in [1.29, 1.82) is 0 Å². The summed E-state index contributed by atoms with van der Waals surface area (Å²) in [6, 6.07) is 50.5. The molecule has 0 heterocycles. The Labute approximate surface area is 251 Å². The standard InChI is InChI=1S/C43H28/c1-25-12-9-13-26(2)39(25)32-19-10-17-29-30-18-11-20-33-41(30)34(40(29)32)24-38-42(33)31-16-5-8-23-37(31)43(38)35-21-6-3-14-27(35)28-15-4-7-22-36(28)43/h3-24H,1-2H3. The summed E-state index contributed by atoms with van der Waals surface area (Å²) in [6.45, 7) is 4.50. The van der Waals surface area contributed by atoms with Crippen LogP contribution in [0.25, 0.3) is 66.4 Å². The number of rotatable bonds is 1. The molecule has 0 fully saturated rings. The fourth-order valence-electron chi connectivity index (χ4n) is 9.00. The fourth-order valence-corrected chi connectivity index (χ4v) is 9.00. The summed E-state index contributed by atoms with van der Waals surface area (Å²) in [5.74, 6) is 0. The molecular formula is C43H28. The fraction of sp³-hybridized carbons (Fsp3) is 0.0698. The van der Waals surface area contributed by atoms with Crippen LogP contribution in [-0.4, -0.2) is 0 Å². The highest BCUT2D eigenvalue weighted by Crippen LogP contribution is 2.66. The summed E-state index contributed by atoms with van der Waals surface area (Å²) in [4.78, 5) is 0. The largest absolute Gasteiger partial charge is 0.0725 e. The third-order valence-corrected chi connectivity index (χ3v) is 10.5. The van der Waals surface area contributed by atoms with Gasteiger partial charge in [-0.1, -0.05) is 127 Å². The van der Waals surface area contributed by atoms with E-state index in [1.165, 1.54) is 99.8 Å². The van der Waals surface area contributed by atoms with Crippen LogP contribution in [0.2, 0.25) is 0 Å². The molecule has 3 aliphatic rings. The van der Waals surface area contributed by atoms with E-state index in [9.17, 15) is 0 Å². The van der Waals surface area contributed by atoms with E-state index in [4.69, 9.17) is 0 Å². The molecule has 0 nitrogen and oxygen atoms in total. The van der Waals surface area contributed by atoms with E-state index in [0.29, 0.717) is 0 Å². The lowest BCUT2D eigenvalue weighted by atomic mass is 9.70. The second kappa shape index (κ2) is 8.00. The minimum Gasteiger partial charge on any atom is -0.0619 e. The van der Waals surface area contributed by atoms with Gasteiger partial charge in [-0.25, -0.2) is 0 Å². The Hall–Kier alpha value is -5.20. The van der Waals surface area contributed by atoms with E-state index in [0.717, 1.165) is 0 Å². The predicted molar refractivity (Wildman–Crippen MR) is 180 cm³/mol. The van der Waals surface area contributed by atoms with Crippen LogP contribution in [0.4, 0.5) is 0 Å². The Bertz CT molecular complexity index is 2300. The summed E-state index contributed by atoms with van der Waals surface area (Å²) in [5.41, 5.74) is 21.5. The van der Waals surface area contributed by atoms with Crippen molar-refractivity contribution in [2.75, 3.05) is 0 Å². The third kappa shape index (κ3) is 2.65. The summed E-state index contributed by atoms with van der Waals surface area (Å²) in [6.07, 6.45) is 0. The van der Waals surface area contributed by atoms with E-state index in [-0.39, 0.29) is 5.41 Å². The van der Waals surface area contributed by atoms with Crippen molar-refractivity contribution in [2.24, 2.45) is 0 Å². The van der Waals surface area contributed by atoms with Crippen molar-refractivity contribution in [3.63, 3.8) is 0 Å². The molecule has 0 radical (unpaired) electrons. The van der Waals surface area contributed by atoms with Gasteiger partial charge in [0.15, 0.2) is 0 Å². The summed E-state index contributed by atoms with van der Waals surface area (Å²) in [5, 5.41) is 2.75. The first-order valence-electron chi connectivity index (χ1n) is 15.3. The average molecular weight is 545 g/mol. The second-order valence-electron chi connectivity index (χ2n) is 12.5. The Morgan fingerprint density at radius 3 is 1.56 bits per heavy atom. The van der Waals surface area contributed by atoms with Crippen LogP contribution >= 0.6 is 0 Å². The van der Waals surface area contributed by atoms with E-state index in [2.05, 4.69) is 147 Å². The molecule has 1 spiro atoms. The maximum absolute atomic E-state index is 2.59. The number of hydrogen-bond donors (Lipinski definition) is 0. The molecule has 200 valence electrons. The van der Waals surface area contributed by atoms with Crippen LogP contribution < -0.4 is 0 Å². The highest BCUT2D eigenvalue weighted by atomic mass is 14.5. The van der Waals surface area contributed by atoms with Gasteiger partial charge in [0.1, 0.15) is 0 Å². The van der Waals surface area contributed by atoms with Gasteiger partial charge >= 0.3 is 0 Å². The van der Waals surface area contributed by atoms with E-state index in [1.54, 1.807) is 0 Å². The number of hydrogen-bond acceptors (Lipinski definition) is 0. The average Bonchev–Trinajstić information content (AvgIpc) is 3.64. The SMILES string of the molecule is Cc1cccc(C)c1-c1cccc2c1-c1cc3c(c4cccc-2c14)-c1ccccc1C31c2ccccc2-c2ccccc21. The Balaban J connectivity index is 1.40. The molecule has 7 aromatic carbocycles. The first-order chi connectivity index (χ1) is 21.2. The zero-order chi connectivity index (χ0) is 28.4. The topological polar surface area (TPSA) is 0 Å². The Morgan fingerprint density at radius 1 is 0.349 bits per heavy atom.